The first-order valence-corrected chi connectivity index (χ1v) is 8.83. The molecule has 2 heterocycles. The lowest BCUT2D eigenvalue weighted by molar-refractivity contribution is -0.122. The summed E-state index contributed by atoms with van der Waals surface area (Å²) < 4.78 is 0.888. The van der Waals surface area contributed by atoms with Gasteiger partial charge in [0, 0.05) is 36.8 Å². The van der Waals surface area contributed by atoms with Crippen molar-refractivity contribution in [2.75, 3.05) is 38.5 Å². The molecular formula is C18H21BrN4O. The summed E-state index contributed by atoms with van der Waals surface area (Å²) in [7, 11) is 2.11. The number of aromatic nitrogens is 1. The number of halogens is 1. The summed E-state index contributed by atoms with van der Waals surface area (Å²) in [6, 6.07) is 13.3. The van der Waals surface area contributed by atoms with Crippen LogP contribution in [0.4, 0.5) is 5.82 Å². The monoisotopic (exact) mass is 388 g/mol. The summed E-state index contributed by atoms with van der Waals surface area (Å²) in [4.78, 5) is 21.7. The van der Waals surface area contributed by atoms with E-state index >= 15 is 0 Å². The maximum absolute atomic E-state index is 13.0. The normalized spacial score (nSPS) is 17.4. The minimum Gasteiger partial charge on any atom is -0.309 e. The molecule has 24 heavy (non-hydrogen) atoms. The van der Waals surface area contributed by atoms with Crippen molar-refractivity contribution in [3.05, 3.63) is 58.7 Å². The molecule has 1 atom stereocenters. The van der Waals surface area contributed by atoms with E-state index in [0.717, 1.165) is 36.2 Å². The number of rotatable bonds is 4. The fraction of sp³-hybridized carbons (Fsp3) is 0.333. The SMILES string of the molecule is CN1CCN(C(C(=O)Nc2ccc(Br)cn2)c2ccccc2)CC1. The highest BCUT2D eigenvalue weighted by Gasteiger charge is 2.29. The van der Waals surface area contributed by atoms with E-state index in [2.05, 4.69) is 43.1 Å². The Morgan fingerprint density at radius 2 is 1.83 bits per heavy atom. The first kappa shape index (κ1) is 17.1. The minimum atomic E-state index is -0.301. The van der Waals surface area contributed by atoms with Crippen LogP contribution < -0.4 is 5.32 Å². The van der Waals surface area contributed by atoms with Gasteiger partial charge in [0.25, 0.3) is 0 Å². The van der Waals surface area contributed by atoms with Crippen molar-refractivity contribution in [1.82, 2.24) is 14.8 Å². The molecule has 1 fully saturated rings. The predicted octanol–water partition coefficient (Wildman–Crippen LogP) is 2.77. The van der Waals surface area contributed by atoms with E-state index < -0.39 is 0 Å². The van der Waals surface area contributed by atoms with Crippen LogP contribution in [-0.4, -0.2) is 53.9 Å². The average Bonchev–Trinajstić information content (AvgIpc) is 2.60. The molecule has 1 aromatic heterocycles. The lowest BCUT2D eigenvalue weighted by atomic mass is 10.0. The second-order valence-corrected chi connectivity index (χ2v) is 6.92. The number of carbonyl (C=O) groups excluding carboxylic acids is 1. The number of amides is 1. The molecular weight excluding hydrogens is 368 g/mol. The van der Waals surface area contributed by atoms with E-state index in [1.54, 1.807) is 12.3 Å². The smallest absolute Gasteiger partial charge is 0.247 e. The van der Waals surface area contributed by atoms with Gasteiger partial charge < -0.3 is 10.2 Å². The number of carbonyl (C=O) groups is 1. The number of benzene rings is 1. The van der Waals surface area contributed by atoms with Crippen LogP contribution in [0.25, 0.3) is 0 Å². The first-order chi connectivity index (χ1) is 11.6. The molecule has 6 heteroatoms. The molecule has 0 spiro atoms. The van der Waals surface area contributed by atoms with E-state index in [0.29, 0.717) is 5.82 Å². The number of piperazine rings is 1. The summed E-state index contributed by atoms with van der Waals surface area (Å²) in [5.74, 6) is 0.527. The fourth-order valence-electron chi connectivity index (χ4n) is 2.89. The van der Waals surface area contributed by atoms with Crippen LogP contribution in [0, 0.1) is 0 Å². The molecule has 126 valence electrons. The van der Waals surface area contributed by atoms with E-state index in [-0.39, 0.29) is 11.9 Å². The molecule has 0 saturated carbocycles. The van der Waals surface area contributed by atoms with Gasteiger partial charge >= 0.3 is 0 Å². The molecule has 0 bridgehead atoms. The Morgan fingerprint density at radius 1 is 1.12 bits per heavy atom. The van der Waals surface area contributed by atoms with E-state index in [4.69, 9.17) is 0 Å². The van der Waals surface area contributed by atoms with Gasteiger partial charge in [0.1, 0.15) is 11.9 Å². The van der Waals surface area contributed by atoms with Gasteiger partial charge in [0.15, 0.2) is 0 Å². The van der Waals surface area contributed by atoms with Gasteiger partial charge in [-0.25, -0.2) is 4.98 Å². The lowest BCUT2D eigenvalue weighted by Crippen LogP contribution is -2.48. The van der Waals surface area contributed by atoms with E-state index in [9.17, 15) is 4.79 Å². The molecule has 1 saturated heterocycles. The third-order valence-electron chi connectivity index (χ3n) is 4.25. The average molecular weight is 389 g/mol. The maximum Gasteiger partial charge on any atom is 0.247 e. The van der Waals surface area contributed by atoms with Gasteiger partial charge in [0.05, 0.1) is 0 Å². The molecule has 1 amide bonds. The van der Waals surface area contributed by atoms with Crippen molar-refractivity contribution in [1.29, 1.82) is 0 Å². The first-order valence-electron chi connectivity index (χ1n) is 8.03. The number of nitrogens with zero attached hydrogens (tertiary/aromatic N) is 3. The van der Waals surface area contributed by atoms with Gasteiger partial charge in [-0.3, -0.25) is 9.69 Å². The van der Waals surface area contributed by atoms with Crippen LogP contribution >= 0.6 is 15.9 Å². The summed E-state index contributed by atoms with van der Waals surface area (Å²) in [6.07, 6.45) is 1.68. The topological polar surface area (TPSA) is 48.5 Å². The van der Waals surface area contributed by atoms with Gasteiger partial charge in [-0.15, -0.1) is 0 Å². The molecule has 0 radical (unpaired) electrons. The zero-order valence-corrected chi connectivity index (χ0v) is 15.2. The zero-order chi connectivity index (χ0) is 16.9. The summed E-state index contributed by atoms with van der Waals surface area (Å²) >= 11 is 3.36. The van der Waals surface area contributed by atoms with Crippen molar-refractivity contribution >= 4 is 27.7 Å². The second kappa shape index (κ2) is 7.88. The minimum absolute atomic E-state index is 0.0411. The third kappa shape index (κ3) is 4.20. The number of anilines is 1. The highest BCUT2D eigenvalue weighted by molar-refractivity contribution is 9.10. The maximum atomic E-state index is 13.0. The number of hydrogen-bond acceptors (Lipinski definition) is 4. The summed E-state index contributed by atoms with van der Waals surface area (Å²) in [5, 5.41) is 2.95. The van der Waals surface area contributed by atoms with Crippen molar-refractivity contribution in [2.24, 2.45) is 0 Å². The van der Waals surface area contributed by atoms with Crippen molar-refractivity contribution in [2.45, 2.75) is 6.04 Å². The number of hydrogen-bond donors (Lipinski definition) is 1. The molecule has 1 aromatic carbocycles. The highest BCUT2D eigenvalue weighted by Crippen LogP contribution is 2.24. The van der Waals surface area contributed by atoms with Gasteiger partial charge in [-0.1, -0.05) is 30.3 Å². The third-order valence-corrected chi connectivity index (χ3v) is 4.71. The van der Waals surface area contributed by atoms with Crippen LogP contribution in [0.2, 0.25) is 0 Å². The Hall–Kier alpha value is -1.76. The molecule has 5 nitrogen and oxygen atoms in total. The molecule has 1 unspecified atom stereocenters. The number of pyridine rings is 1. The van der Waals surface area contributed by atoms with Gasteiger partial charge in [0.2, 0.25) is 5.91 Å². The number of likely N-dealkylation sites (N-methyl/N-ethyl adjacent to an activating group) is 1. The Morgan fingerprint density at radius 3 is 2.46 bits per heavy atom. The molecule has 0 aliphatic carbocycles. The Kier molecular flexibility index (Phi) is 5.60. The molecule has 1 aliphatic rings. The van der Waals surface area contributed by atoms with Crippen molar-refractivity contribution in [3.8, 4) is 0 Å². The largest absolute Gasteiger partial charge is 0.309 e. The zero-order valence-electron chi connectivity index (χ0n) is 13.7. The van der Waals surface area contributed by atoms with Crippen LogP contribution in [0.1, 0.15) is 11.6 Å². The molecule has 1 N–H and O–H groups in total. The van der Waals surface area contributed by atoms with Crippen molar-refractivity contribution < 1.29 is 4.79 Å². The van der Waals surface area contributed by atoms with Crippen molar-refractivity contribution in [3.63, 3.8) is 0 Å². The molecule has 2 aromatic rings. The highest BCUT2D eigenvalue weighted by atomic mass is 79.9. The van der Waals surface area contributed by atoms with Crippen LogP contribution in [0.5, 0.6) is 0 Å². The standard InChI is InChI=1S/C18H21BrN4O/c1-22-9-11-23(12-10-22)17(14-5-3-2-4-6-14)18(24)21-16-8-7-15(19)13-20-16/h2-8,13,17H,9-12H2,1H3,(H,20,21,24). The lowest BCUT2D eigenvalue weighted by Gasteiger charge is -2.37. The summed E-state index contributed by atoms with van der Waals surface area (Å²) in [5.41, 5.74) is 1.01. The quantitative estimate of drug-likeness (QED) is 0.874. The van der Waals surface area contributed by atoms with E-state index in [1.165, 1.54) is 0 Å². The van der Waals surface area contributed by atoms with E-state index in [1.807, 2.05) is 36.4 Å². The summed E-state index contributed by atoms with van der Waals surface area (Å²) in [6.45, 7) is 3.68. The Labute approximate surface area is 150 Å². The fourth-order valence-corrected chi connectivity index (χ4v) is 3.12. The predicted molar refractivity (Wildman–Crippen MR) is 98.8 cm³/mol. The van der Waals surface area contributed by atoms with Gasteiger partial charge in [-0.2, -0.15) is 0 Å². The Bertz CT molecular complexity index is 669. The van der Waals surface area contributed by atoms with Crippen LogP contribution in [0.3, 0.4) is 0 Å². The molecule has 1 aliphatic heterocycles. The Balaban J connectivity index is 1.81. The van der Waals surface area contributed by atoms with Crippen LogP contribution in [-0.2, 0) is 4.79 Å². The van der Waals surface area contributed by atoms with Gasteiger partial charge in [-0.05, 0) is 40.7 Å². The van der Waals surface area contributed by atoms with Crippen LogP contribution in [0.15, 0.2) is 53.1 Å². The molecule has 3 rings (SSSR count). The number of nitrogens with one attached hydrogen (secondary N) is 1. The second-order valence-electron chi connectivity index (χ2n) is 6.00.